The van der Waals surface area contributed by atoms with Crippen molar-refractivity contribution in [3.8, 4) is 0 Å². The van der Waals surface area contributed by atoms with Gasteiger partial charge >= 0.3 is 0 Å². The highest BCUT2D eigenvalue weighted by atomic mass is 32.2. The Bertz CT molecular complexity index is 463. The van der Waals surface area contributed by atoms with E-state index in [9.17, 15) is 4.79 Å². The molecular weight excluding hydrogens is 244 g/mol. The molecule has 0 aliphatic carbocycles. The molecule has 0 unspecified atom stereocenters. The molecule has 2 aliphatic rings. The number of nitrogens with two attached hydrogens (primary N) is 1. The molecule has 0 spiro atoms. The van der Waals surface area contributed by atoms with Crippen LogP contribution in [-0.4, -0.2) is 35.7 Å². The van der Waals surface area contributed by atoms with E-state index >= 15 is 0 Å². The Kier molecular flexibility index (Phi) is 3.31. The monoisotopic (exact) mass is 262 g/mol. The Labute approximate surface area is 112 Å². The van der Waals surface area contributed by atoms with E-state index in [1.54, 1.807) is 11.8 Å². The summed E-state index contributed by atoms with van der Waals surface area (Å²) in [6.07, 6.45) is 2.08. The Morgan fingerprint density at radius 1 is 1.39 bits per heavy atom. The number of piperidine rings is 1. The third kappa shape index (κ3) is 2.15. The maximum absolute atomic E-state index is 12.6. The highest BCUT2D eigenvalue weighted by molar-refractivity contribution is 7.99. The van der Waals surface area contributed by atoms with Crippen LogP contribution in [0.15, 0.2) is 29.2 Å². The fraction of sp³-hybridized carbons (Fsp3) is 0.500. The van der Waals surface area contributed by atoms with Crippen molar-refractivity contribution in [1.82, 2.24) is 4.90 Å². The Balaban J connectivity index is 1.78. The lowest BCUT2D eigenvalue weighted by Crippen LogP contribution is -2.47. The lowest BCUT2D eigenvalue weighted by molar-refractivity contribution is -0.133. The van der Waals surface area contributed by atoms with Crippen molar-refractivity contribution in [2.75, 3.05) is 18.8 Å². The molecular formula is C14H18N2OS. The number of likely N-dealkylation sites (tertiary alicyclic amines) is 1. The van der Waals surface area contributed by atoms with Crippen molar-refractivity contribution in [2.24, 2.45) is 5.73 Å². The first-order chi connectivity index (χ1) is 8.75. The number of rotatable bonds is 1. The molecule has 3 rings (SSSR count). The van der Waals surface area contributed by atoms with Gasteiger partial charge in [-0.15, -0.1) is 11.8 Å². The van der Waals surface area contributed by atoms with E-state index in [0.29, 0.717) is 0 Å². The minimum atomic E-state index is 0.0384. The Hall–Kier alpha value is -1.00. The number of hydrogen-bond acceptors (Lipinski definition) is 3. The number of amides is 1. The van der Waals surface area contributed by atoms with Gasteiger partial charge in [0.25, 0.3) is 0 Å². The average Bonchev–Trinajstić information content (AvgIpc) is 2.82. The highest BCUT2D eigenvalue weighted by Crippen LogP contribution is 2.40. The minimum Gasteiger partial charge on any atom is -0.341 e. The molecule has 1 aromatic rings. The quantitative estimate of drug-likeness (QED) is 0.840. The normalized spacial score (nSPS) is 27.1. The van der Waals surface area contributed by atoms with Gasteiger partial charge in [-0.3, -0.25) is 4.79 Å². The van der Waals surface area contributed by atoms with E-state index < -0.39 is 0 Å². The lowest BCUT2D eigenvalue weighted by Gasteiger charge is -2.32. The van der Waals surface area contributed by atoms with Crippen molar-refractivity contribution in [3.05, 3.63) is 29.8 Å². The summed E-state index contributed by atoms with van der Waals surface area (Å²) in [5.74, 6) is 1.18. The van der Waals surface area contributed by atoms with Gasteiger partial charge in [-0.25, -0.2) is 0 Å². The fourth-order valence-corrected chi connectivity index (χ4v) is 4.02. The molecule has 1 saturated heterocycles. The van der Waals surface area contributed by atoms with Crippen molar-refractivity contribution < 1.29 is 4.79 Å². The van der Waals surface area contributed by atoms with E-state index in [-0.39, 0.29) is 17.9 Å². The van der Waals surface area contributed by atoms with Crippen LogP contribution in [0.1, 0.15) is 24.3 Å². The first-order valence-electron chi connectivity index (χ1n) is 6.52. The molecule has 0 saturated carbocycles. The summed E-state index contributed by atoms with van der Waals surface area (Å²) < 4.78 is 0. The van der Waals surface area contributed by atoms with Gasteiger partial charge in [-0.1, -0.05) is 18.2 Å². The largest absolute Gasteiger partial charge is 0.341 e. The van der Waals surface area contributed by atoms with Crippen LogP contribution in [0.5, 0.6) is 0 Å². The van der Waals surface area contributed by atoms with E-state index in [1.165, 1.54) is 10.5 Å². The van der Waals surface area contributed by atoms with Crippen molar-refractivity contribution in [1.29, 1.82) is 0 Å². The van der Waals surface area contributed by atoms with Crippen molar-refractivity contribution in [2.45, 2.75) is 29.7 Å². The number of carbonyl (C=O) groups excluding carboxylic acids is 1. The molecule has 2 N–H and O–H groups in total. The molecule has 18 heavy (non-hydrogen) atoms. The summed E-state index contributed by atoms with van der Waals surface area (Å²) in [5, 5.41) is 0. The van der Waals surface area contributed by atoms with Crippen LogP contribution >= 0.6 is 11.8 Å². The third-order valence-corrected chi connectivity index (χ3v) is 4.95. The SMILES string of the molecule is N[C@@H]1CCCN(C(=O)[C@H]2CSc3ccccc32)C1. The molecule has 2 atom stereocenters. The number of hydrogen-bond donors (Lipinski definition) is 1. The van der Waals surface area contributed by atoms with Gasteiger partial charge in [0.05, 0.1) is 5.92 Å². The van der Waals surface area contributed by atoms with Crippen molar-refractivity contribution >= 4 is 17.7 Å². The first kappa shape index (κ1) is 12.1. The van der Waals surface area contributed by atoms with Gasteiger partial charge in [-0.05, 0) is 24.5 Å². The topological polar surface area (TPSA) is 46.3 Å². The molecule has 1 fully saturated rings. The smallest absolute Gasteiger partial charge is 0.231 e. The zero-order valence-electron chi connectivity index (χ0n) is 10.3. The van der Waals surface area contributed by atoms with Gasteiger partial charge in [0.15, 0.2) is 0 Å². The second kappa shape index (κ2) is 4.94. The summed E-state index contributed by atoms with van der Waals surface area (Å²) in [7, 11) is 0. The minimum absolute atomic E-state index is 0.0384. The first-order valence-corrected chi connectivity index (χ1v) is 7.50. The maximum Gasteiger partial charge on any atom is 0.231 e. The summed E-state index contributed by atoms with van der Waals surface area (Å²) in [4.78, 5) is 15.8. The summed E-state index contributed by atoms with van der Waals surface area (Å²) in [6.45, 7) is 1.60. The van der Waals surface area contributed by atoms with Gasteiger partial charge in [0.1, 0.15) is 0 Å². The number of carbonyl (C=O) groups is 1. The van der Waals surface area contributed by atoms with Crippen molar-refractivity contribution in [3.63, 3.8) is 0 Å². The highest BCUT2D eigenvalue weighted by Gasteiger charge is 2.33. The van der Waals surface area contributed by atoms with Gasteiger partial charge in [0.2, 0.25) is 5.91 Å². The van der Waals surface area contributed by atoms with Crippen LogP contribution < -0.4 is 5.73 Å². The van der Waals surface area contributed by atoms with Crippen LogP contribution in [0.3, 0.4) is 0 Å². The zero-order chi connectivity index (χ0) is 12.5. The molecule has 2 aliphatic heterocycles. The van der Waals surface area contributed by atoms with Gasteiger partial charge < -0.3 is 10.6 Å². The van der Waals surface area contributed by atoms with E-state index in [4.69, 9.17) is 5.73 Å². The maximum atomic E-state index is 12.6. The molecule has 0 radical (unpaired) electrons. The van der Waals surface area contributed by atoms with Crippen LogP contribution in [-0.2, 0) is 4.79 Å². The van der Waals surface area contributed by atoms with E-state index in [2.05, 4.69) is 12.1 Å². The zero-order valence-corrected chi connectivity index (χ0v) is 11.2. The number of benzene rings is 1. The summed E-state index contributed by atoms with van der Waals surface area (Å²) in [5.41, 5.74) is 7.16. The molecule has 96 valence electrons. The number of nitrogens with zero attached hydrogens (tertiary/aromatic N) is 1. The van der Waals surface area contributed by atoms with Crippen LogP contribution in [0.2, 0.25) is 0 Å². The predicted molar refractivity (Wildman–Crippen MR) is 73.7 cm³/mol. The Morgan fingerprint density at radius 3 is 3.06 bits per heavy atom. The second-order valence-corrected chi connectivity index (χ2v) is 6.15. The molecule has 1 aromatic carbocycles. The fourth-order valence-electron chi connectivity index (χ4n) is 2.80. The van der Waals surface area contributed by atoms with Crippen LogP contribution in [0.25, 0.3) is 0 Å². The molecule has 0 aromatic heterocycles. The van der Waals surface area contributed by atoms with Crippen LogP contribution in [0, 0.1) is 0 Å². The third-order valence-electron chi connectivity index (χ3n) is 3.77. The van der Waals surface area contributed by atoms with Crippen LogP contribution in [0.4, 0.5) is 0 Å². The molecule has 0 bridgehead atoms. The molecule has 2 heterocycles. The van der Waals surface area contributed by atoms with E-state index in [1.807, 2.05) is 17.0 Å². The Morgan fingerprint density at radius 2 is 2.22 bits per heavy atom. The lowest BCUT2D eigenvalue weighted by atomic mass is 9.98. The number of thioether (sulfide) groups is 1. The van der Waals surface area contributed by atoms with E-state index in [0.717, 1.165) is 31.7 Å². The predicted octanol–water partition coefficient (Wildman–Crippen LogP) is 1.83. The summed E-state index contributed by atoms with van der Waals surface area (Å²) >= 11 is 1.79. The molecule has 1 amide bonds. The second-order valence-electron chi connectivity index (χ2n) is 5.09. The van der Waals surface area contributed by atoms with Gasteiger partial charge in [-0.2, -0.15) is 0 Å². The number of fused-ring (bicyclic) bond motifs is 1. The molecule has 4 heteroatoms. The summed E-state index contributed by atoms with van der Waals surface area (Å²) in [6, 6.07) is 8.41. The average molecular weight is 262 g/mol. The standard InChI is InChI=1S/C14H18N2OS/c15-10-4-3-7-16(8-10)14(17)12-9-18-13-6-2-1-5-11(12)13/h1-2,5-6,10,12H,3-4,7-9,15H2/t10-,12+/m1/s1. The van der Waals surface area contributed by atoms with Gasteiger partial charge in [0, 0.05) is 29.8 Å². The molecule has 3 nitrogen and oxygen atoms in total.